The Balaban J connectivity index is 2.30. The summed E-state index contributed by atoms with van der Waals surface area (Å²) in [5.74, 6) is -0.771. The zero-order chi connectivity index (χ0) is 17.7. The van der Waals surface area contributed by atoms with Crippen LogP contribution in [0.25, 0.3) is 5.57 Å². The van der Waals surface area contributed by atoms with Crippen LogP contribution in [0.3, 0.4) is 0 Å². The van der Waals surface area contributed by atoms with Crippen LogP contribution in [-0.4, -0.2) is 12.0 Å². The molecule has 1 unspecified atom stereocenters. The molecule has 0 heterocycles. The number of anilines is 1. The lowest BCUT2D eigenvalue weighted by Crippen LogP contribution is -2.34. The summed E-state index contributed by atoms with van der Waals surface area (Å²) in [7, 11) is 0. The lowest BCUT2D eigenvalue weighted by Gasteiger charge is -2.37. The van der Waals surface area contributed by atoms with Gasteiger partial charge in [0.2, 0.25) is 0 Å². The predicted molar refractivity (Wildman–Crippen MR) is 88.5 cm³/mol. The molecule has 0 aliphatic heterocycles. The smallest absolute Gasteiger partial charge is 0.399 e. The molecule has 2 nitrogen and oxygen atoms in total. The van der Waals surface area contributed by atoms with Gasteiger partial charge in [-0.05, 0) is 54.5 Å². The second-order valence-electron chi connectivity index (χ2n) is 7.04. The summed E-state index contributed by atoms with van der Waals surface area (Å²) in [6.07, 6.45) is -1.13. The van der Waals surface area contributed by atoms with E-state index in [2.05, 4.69) is 0 Å². The van der Waals surface area contributed by atoms with Gasteiger partial charge in [0.25, 0.3) is 0 Å². The zero-order valence-corrected chi connectivity index (χ0v) is 14.0. The fraction of sp³-hybridized carbons (Fsp3) is 0.526. The molecule has 1 aromatic carbocycles. The fourth-order valence-electron chi connectivity index (χ4n) is 4.33. The van der Waals surface area contributed by atoms with Crippen molar-refractivity contribution in [3.63, 3.8) is 0 Å². The lowest BCUT2D eigenvalue weighted by molar-refractivity contribution is -0.130. The third-order valence-electron chi connectivity index (χ3n) is 5.61. The van der Waals surface area contributed by atoms with Gasteiger partial charge in [-0.25, -0.2) is 0 Å². The molecule has 5 heteroatoms. The van der Waals surface area contributed by atoms with Gasteiger partial charge in [0.1, 0.15) is 5.57 Å². The molecule has 24 heavy (non-hydrogen) atoms. The van der Waals surface area contributed by atoms with Crippen molar-refractivity contribution in [2.45, 2.75) is 58.5 Å². The van der Waals surface area contributed by atoms with Gasteiger partial charge >= 0.3 is 6.18 Å². The molecular weight excluding hydrogens is 315 g/mol. The van der Waals surface area contributed by atoms with Crippen molar-refractivity contribution in [3.8, 4) is 0 Å². The van der Waals surface area contributed by atoms with Gasteiger partial charge in [0.05, 0.1) is 0 Å². The Morgan fingerprint density at radius 3 is 2.62 bits per heavy atom. The molecule has 0 radical (unpaired) electrons. The number of hydrogen-bond donors (Lipinski definition) is 1. The Morgan fingerprint density at radius 2 is 2.00 bits per heavy atom. The molecule has 0 spiro atoms. The van der Waals surface area contributed by atoms with Crippen LogP contribution < -0.4 is 5.73 Å². The van der Waals surface area contributed by atoms with Crippen LogP contribution in [0, 0.1) is 12.3 Å². The highest BCUT2D eigenvalue weighted by atomic mass is 19.4. The van der Waals surface area contributed by atoms with Crippen molar-refractivity contribution in [2.75, 3.05) is 5.73 Å². The van der Waals surface area contributed by atoms with Crippen molar-refractivity contribution in [1.82, 2.24) is 0 Å². The second-order valence-corrected chi connectivity index (χ2v) is 7.04. The third-order valence-corrected chi connectivity index (χ3v) is 5.61. The number of allylic oxidation sites excluding steroid dienone is 2. The third kappa shape index (κ3) is 2.45. The maximum absolute atomic E-state index is 13.7. The number of fused-ring (bicyclic) bond motifs is 3. The molecule has 1 aromatic rings. The topological polar surface area (TPSA) is 43.1 Å². The summed E-state index contributed by atoms with van der Waals surface area (Å²) in [5, 5.41) is 0. The number of halogens is 3. The van der Waals surface area contributed by atoms with Crippen LogP contribution in [0.4, 0.5) is 18.9 Å². The molecule has 0 amide bonds. The van der Waals surface area contributed by atoms with E-state index < -0.39 is 22.9 Å². The molecule has 1 atom stereocenters. The summed E-state index contributed by atoms with van der Waals surface area (Å²) in [4.78, 5) is 12.2. The average Bonchev–Trinajstić information content (AvgIpc) is 2.83. The molecule has 0 saturated heterocycles. The van der Waals surface area contributed by atoms with E-state index in [1.165, 1.54) is 0 Å². The molecular formula is C19H22F3NO. The van der Waals surface area contributed by atoms with Gasteiger partial charge in [0, 0.05) is 17.5 Å². The summed E-state index contributed by atoms with van der Waals surface area (Å²) < 4.78 is 41.1. The van der Waals surface area contributed by atoms with Crippen molar-refractivity contribution in [2.24, 2.45) is 5.41 Å². The highest BCUT2D eigenvalue weighted by Crippen LogP contribution is 2.59. The first kappa shape index (κ1) is 17.1. The van der Waals surface area contributed by atoms with E-state index in [0.29, 0.717) is 30.5 Å². The molecule has 2 aliphatic carbocycles. The van der Waals surface area contributed by atoms with E-state index >= 15 is 0 Å². The lowest BCUT2D eigenvalue weighted by atomic mass is 9.67. The maximum atomic E-state index is 13.7. The number of nitrogen functional groups attached to an aromatic ring is 1. The Kier molecular flexibility index (Phi) is 4.01. The minimum atomic E-state index is -4.61. The molecule has 0 saturated carbocycles. The molecule has 0 fully saturated rings. The Labute approximate surface area is 139 Å². The van der Waals surface area contributed by atoms with Crippen LogP contribution in [0.15, 0.2) is 17.7 Å². The Hall–Kier alpha value is -1.78. The van der Waals surface area contributed by atoms with Gasteiger partial charge in [-0.3, -0.25) is 4.79 Å². The molecule has 0 aromatic heterocycles. The largest absolute Gasteiger partial charge is 0.420 e. The van der Waals surface area contributed by atoms with Crippen LogP contribution in [0.2, 0.25) is 0 Å². The maximum Gasteiger partial charge on any atom is 0.420 e. The fourth-order valence-corrected chi connectivity index (χ4v) is 4.33. The van der Waals surface area contributed by atoms with Crippen LogP contribution in [-0.2, 0) is 11.2 Å². The predicted octanol–water partition coefficient (Wildman–Crippen LogP) is 4.99. The minimum absolute atomic E-state index is 0.0232. The van der Waals surface area contributed by atoms with Crippen LogP contribution in [0.5, 0.6) is 0 Å². The number of Topliss-reactive ketones (excluding diaryl/α,β-unsaturated/α-hetero) is 1. The second kappa shape index (κ2) is 5.64. The molecule has 0 bridgehead atoms. The first-order valence-electron chi connectivity index (χ1n) is 8.45. The number of benzene rings is 1. The molecule has 130 valence electrons. The molecule has 3 rings (SSSR count). The van der Waals surface area contributed by atoms with E-state index in [0.717, 1.165) is 24.0 Å². The van der Waals surface area contributed by atoms with Gasteiger partial charge in [-0.15, -0.1) is 0 Å². The van der Waals surface area contributed by atoms with Crippen molar-refractivity contribution < 1.29 is 18.0 Å². The van der Waals surface area contributed by atoms with E-state index in [-0.39, 0.29) is 12.0 Å². The van der Waals surface area contributed by atoms with E-state index in [1.807, 2.05) is 13.8 Å². The van der Waals surface area contributed by atoms with Gasteiger partial charge < -0.3 is 5.73 Å². The van der Waals surface area contributed by atoms with E-state index in [1.54, 1.807) is 12.1 Å². The number of nitrogens with two attached hydrogens (primary N) is 1. The highest BCUT2D eigenvalue weighted by Gasteiger charge is 2.53. The van der Waals surface area contributed by atoms with Crippen LogP contribution >= 0.6 is 0 Å². The summed E-state index contributed by atoms with van der Waals surface area (Å²) in [6.45, 7) is 3.89. The van der Waals surface area contributed by atoms with E-state index in [9.17, 15) is 18.0 Å². The first-order chi connectivity index (χ1) is 11.2. The standard InChI is InChI=1S/C19H22F3NO/c1-3-4-8-18-9-7-15(24)17(19(20,21)22)16(18)12-5-6-14(23)11(2)13(12)10-18/h5-6H,3-4,7-10,23H2,1-2H3. The average molecular weight is 337 g/mol. The highest BCUT2D eigenvalue weighted by molar-refractivity contribution is 6.07. The summed E-state index contributed by atoms with van der Waals surface area (Å²) in [5.41, 5.74) is 7.62. The van der Waals surface area contributed by atoms with Gasteiger partial charge in [-0.1, -0.05) is 25.8 Å². The summed E-state index contributed by atoms with van der Waals surface area (Å²) in [6, 6.07) is 3.33. The Morgan fingerprint density at radius 1 is 1.29 bits per heavy atom. The monoisotopic (exact) mass is 337 g/mol. The van der Waals surface area contributed by atoms with E-state index in [4.69, 9.17) is 5.73 Å². The van der Waals surface area contributed by atoms with Gasteiger partial charge in [0.15, 0.2) is 5.78 Å². The normalized spacial score (nSPS) is 23.5. The quantitative estimate of drug-likeness (QED) is 0.790. The summed E-state index contributed by atoms with van der Waals surface area (Å²) >= 11 is 0. The number of carbonyl (C=O) groups excluding carboxylic acids is 1. The molecule has 2 aliphatic rings. The van der Waals surface area contributed by atoms with Crippen molar-refractivity contribution >= 4 is 17.0 Å². The first-order valence-corrected chi connectivity index (χ1v) is 8.45. The SMILES string of the molecule is CCCCC12CCC(=O)C(C(F)(F)F)=C1c1ccc(N)c(C)c1C2. The van der Waals surface area contributed by atoms with Crippen LogP contribution in [0.1, 0.15) is 55.7 Å². The van der Waals surface area contributed by atoms with Crippen molar-refractivity contribution in [1.29, 1.82) is 0 Å². The van der Waals surface area contributed by atoms with Crippen molar-refractivity contribution in [3.05, 3.63) is 34.4 Å². The number of unbranched alkanes of at least 4 members (excludes halogenated alkanes) is 1. The zero-order valence-electron chi connectivity index (χ0n) is 14.0. The number of carbonyl (C=O) groups is 1. The number of hydrogen-bond acceptors (Lipinski definition) is 2. The minimum Gasteiger partial charge on any atom is -0.399 e. The number of alkyl halides is 3. The molecule has 2 N–H and O–H groups in total. The van der Waals surface area contributed by atoms with Gasteiger partial charge in [-0.2, -0.15) is 13.2 Å². The number of rotatable bonds is 3. The number of ketones is 1. The Bertz CT molecular complexity index is 733.